The van der Waals surface area contributed by atoms with Gasteiger partial charge >= 0.3 is 0 Å². The van der Waals surface area contributed by atoms with Gasteiger partial charge in [-0.05, 0) is 5.92 Å². The van der Waals surface area contributed by atoms with Gasteiger partial charge in [-0.25, -0.2) is 0 Å². The van der Waals surface area contributed by atoms with Crippen LogP contribution in [-0.4, -0.2) is 21.3 Å². The molecule has 3 nitrogen and oxygen atoms in total. The van der Waals surface area contributed by atoms with Crippen molar-refractivity contribution < 1.29 is 12.6 Å². The largest absolute Gasteiger partial charge is 0.266 e. The molecule has 0 N–H and O–H groups in total. The first-order valence-electron chi connectivity index (χ1n) is 3.96. The van der Waals surface area contributed by atoms with Crippen LogP contribution in [0.15, 0.2) is 12.2 Å². The average molecular weight is 192 g/mol. The molecule has 0 aliphatic carbocycles. The first-order chi connectivity index (χ1) is 5.45. The van der Waals surface area contributed by atoms with Gasteiger partial charge in [0.25, 0.3) is 10.1 Å². The summed E-state index contributed by atoms with van der Waals surface area (Å²) in [5.74, 6) is 0.480. The Morgan fingerprint density at radius 1 is 1.50 bits per heavy atom. The van der Waals surface area contributed by atoms with Crippen molar-refractivity contribution >= 4 is 10.1 Å². The summed E-state index contributed by atoms with van der Waals surface area (Å²) in [6, 6.07) is 0. The van der Waals surface area contributed by atoms with Gasteiger partial charge in [0.2, 0.25) is 0 Å². The van der Waals surface area contributed by atoms with E-state index < -0.39 is 10.1 Å². The second-order valence-corrected chi connectivity index (χ2v) is 4.45. The fourth-order valence-corrected chi connectivity index (χ4v) is 0.913. The second-order valence-electron chi connectivity index (χ2n) is 2.80. The Morgan fingerprint density at radius 3 is 2.50 bits per heavy atom. The molecule has 0 aromatic rings. The van der Waals surface area contributed by atoms with Gasteiger partial charge in [-0.1, -0.05) is 32.4 Å². The fraction of sp³-hybridized carbons (Fsp3) is 0.750. The molecule has 0 saturated carbocycles. The Balaban J connectivity index is 3.63. The Labute approximate surface area is 74.6 Å². The summed E-state index contributed by atoms with van der Waals surface area (Å²) in [6.07, 6.45) is 5.78. The highest BCUT2D eigenvalue weighted by molar-refractivity contribution is 7.85. The van der Waals surface area contributed by atoms with E-state index in [1.165, 1.54) is 0 Å². The third-order valence-electron chi connectivity index (χ3n) is 1.49. The normalized spacial score (nSPS) is 15.2. The summed E-state index contributed by atoms with van der Waals surface area (Å²) in [6.45, 7) is 4.28. The molecule has 0 saturated heterocycles. The van der Waals surface area contributed by atoms with Crippen LogP contribution in [0.3, 0.4) is 0 Å². The van der Waals surface area contributed by atoms with E-state index in [2.05, 4.69) is 18.0 Å². The van der Waals surface area contributed by atoms with E-state index in [1.807, 2.05) is 6.08 Å². The third-order valence-corrected chi connectivity index (χ3v) is 2.05. The van der Waals surface area contributed by atoms with Gasteiger partial charge in [0.05, 0.1) is 12.9 Å². The van der Waals surface area contributed by atoms with E-state index in [1.54, 1.807) is 6.08 Å². The predicted molar refractivity (Wildman–Crippen MR) is 49.4 cm³/mol. The van der Waals surface area contributed by atoms with Crippen LogP contribution in [0.1, 0.15) is 20.3 Å². The topological polar surface area (TPSA) is 43.4 Å². The van der Waals surface area contributed by atoms with Crippen molar-refractivity contribution in [2.45, 2.75) is 20.3 Å². The summed E-state index contributed by atoms with van der Waals surface area (Å²) in [5, 5.41) is 0. The molecule has 0 radical (unpaired) electrons. The maximum Gasteiger partial charge on any atom is 0.264 e. The molecule has 0 aromatic heterocycles. The van der Waals surface area contributed by atoms with Crippen molar-refractivity contribution in [3.05, 3.63) is 12.2 Å². The lowest BCUT2D eigenvalue weighted by atomic mass is 10.1. The van der Waals surface area contributed by atoms with Gasteiger partial charge < -0.3 is 0 Å². The summed E-state index contributed by atoms with van der Waals surface area (Å²) in [7, 11) is -3.28. The molecule has 0 spiro atoms. The molecule has 0 fully saturated rings. The van der Waals surface area contributed by atoms with Crippen LogP contribution >= 0.6 is 0 Å². The van der Waals surface area contributed by atoms with Crippen molar-refractivity contribution in [1.29, 1.82) is 0 Å². The Hall–Kier alpha value is -0.350. The molecule has 4 heteroatoms. The van der Waals surface area contributed by atoms with Gasteiger partial charge in [0.1, 0.15) is 0 Å². The standard InChI is InChI=1S/C8H16O3S/c1-4-8(2)6-5-7-11-12(3,9)10/h5-6,8H,4,7H2,1-3H3. The van der Waals surface area contributed by atoms with Crippen molar-refractivity contribution in [2.24, 2.45) is 5.92 Å². The molecule has 0 amide bonds. The van der Waals surface area contributed by atoms with E-state index in [4.69, 9.17) is 0 Å². The Bertz CT molecular complexity index is 229. The number of hydrogen-bond acceptors (Lipinski definition) is 3. The molecular formula is C8H16O3S. The molecule has 0 aromatic carbocycles. The second kappa shape index (κ2) is 5.32. The maximum atomic E-state index is 10.5. The zero-order valence-corrected chi connectivity index (χ0v) is 8.60. The minimum atomic E-state index is -3.28. The van der Waals surface area contributed by atoms with Gasteiger partial charge in [-0.15, -0.1) is 0 Å². The molecular weight excluding hydrogens is 176 g/mol. The van der Waals surface area contributed by atoms with Gasteiger partial charge in [-0.2, -0.15) is 8.42 Å². The molecule has 72 valence electrons. The van der Waals surface area contributed by atoms with Crippen molar-refractivity contribution in [3.63, 3.8) is 0 Å². The zero-order chi connectivity index (χ0) is 9.61. The minimum Gasteiger partial charge on any atom is -0.266 e. The minimum absolute atomic E-state index is 0.142. The highest BCUT2D eigenvalue weighted by atomic mass is 32.2. The Morgan fingerprint density at radius 2 is 2.08 bits per heavy atom. The van der Waals surface area contributed by atoms with E-state index in [0.717, 1.165) is 12.7 Å². The van der Waals surface area contributed by atoms with Crippen LogP contribution in [0.2, 0.25) is 0 Å². The predicted octanol–water partition coefficient (Wildman–Crippen LogP) is 1.56. The number of allylic oxidation sites excluding steroid dienone is 1. The molecule has 12 heavy (non-hydrogen) atoms. The third kappa shape index (κ3) is 7.75. The van der Waals surface area contributed by atoms with Gasteiger partial charge in [0.15, 0.2) is 0 Å². The summed E-state index contributed by atoms with van der Waals surface area (Å²) >= 11 is 0. The molecule has 1 atom stereocenters. The van der Waals surface area contributed by atoms with E-state index >= 15 is 0 Å². The highest BCUT2D eigenvalue weighted by Gasteiger charge is 1.97. The molecule has 1 unspecified atom stereocenters. The first-order valence-corrected chi connectivity index (χ1v) is 5.78. The molecule has 0 aliphatic heterocycles. The average Bonchev–Trinajstić information content (AvgIpc) is 1.96. The summed E-state index contributed by atoms with van der Waals surface area (Å²) in [4.78, 5) is 0. The zero-order valence-electron chi connectivity index (χ0n) is 7.78. The van der Waals surface area contributed by atoms with E-state index in [0.29, 0.717) is 5.92 Å². The van der Waals surface area contributed by atoms with Crippen molar-refractivity contribution in [3.8, 4) is 0 Å². The van der Waals surface area contributed by atoms with Gasteiger partial charge in [-0.3, -0.25) is 4.18 Å². The van der Waals surface area contributed by atoms with Gasteiger partial charge in [0, 0.05) is 0 Å². The quantitative estimate of drug-likeness (QED) is 0.490. The summed E-state index contributed by atoms with van der Waals surface area (Å²) in [5.41, 5.74) is 0. The highest BCUT2D eigenvalue weighted by Crippen LogP contribution is 2.01. The summed E-state index contributed by atoms with van der Waals surface area (Å²) < 4.78 is 25.5. The molecule has 0 heterocycles. The molecule has 0 rings (SSSR count). The van der Waals surface area contributed by atoms with Crippen molar-refractivity contribution in [2.75, 3.05) is 12.9 Å². The first kappa shape index (κ1) is 11.6. The van der Waals surface area contributed by atoms with E-state index in [9.17, 15) is 8.42 Å². The van der Waals surface area contributed by atoms with Crippen LogP contribution < -0.4 is 0 Å². The van der Waals surface area contributed by atoms with Crippen LogP contribution in [-0.2, 0) is 14.3 Å². The SMILES string of the molecule is CCC(C)C=CCOS(C)(=O)=O. The number of hydrogen-bond donors (Lipinski definition) is 0. The van der Waals surface area contributed by atoms with Crippen LogP contribution in [0.4, 0.5) is 0 Å². The van der Waals surface area contributed by atoms with Crippen molar-refractivity contribution in [1.82, 2.24) is 0 Å². The Kier molecular flexibility index (Phi) is 5.17. The van der Waals surface area contributed by atoms with Crippen LogP contribution in [0.5, 0.6) is 0 Å². The molecule has 0 bridgehead atoms. The van der Waals surface area contributed by atoms with Crippen LogP contribution in [0.25, 0.3) is 0 Å². The lowest BCUT2D eigenvalue weighted by Crippen LogP contribution is -2.02. The lowest BCUT2D eigenvalue weighted by Gasteiger charge is -1.99. The molecule has 0 aliphatic rings. The number of rotatable bonds is 5. The lowest BCUT2D eigenvalue weighted by molar-refractivity contribution is 0.361. The van der Waals surface area contributed by atoms with Crippen LogP contribution in [0, 0.1) is 5.92 Å². The maximum absolute atomic E-state index is 10.5. The smallest absolute Gasteiger partial charge is 0.264 e. The monoisotopic (exact) mass is 192 g/mol. The fourth-order valence-electron chi connectivity index (χ4n) is 0.587. The van der Waals surface area contributed by atoms with E-state index in [-0.39, 0.29) is 6.61 Å².